The van der Waals surface area contributed by atoms with Crippen molar-refractivity contribution in [1.29, 1.82) is 0 Å². The lowest BCUT2D eigenvalue weighted by molar-refractivity contribution is -0.146. The molecule has 1 saturated carbocycles. The van der Waals surface area contributed by atoms with Crippen molar-refractivity contribution in [2.45, 2.75) is 32.7 Å². The van der Waals surface area contributed by atoms with Crippen LogP contribution in [-0.2, 0) is 9.59 Å². The van der Waals surface area contributed by atoms with E-state index in [0.717, 1.165) is 0 Å². The number of rotatable bonds is 3. The summed E-state index contributed by atoms with van der Waals surface area (Å²) in [5, 5.41) is 11.7. The Morgan fingerprint density at radius 3 is 2.50 bits per heavy atom. The van der Waals surface area contributed by atoms with E-state index in [-0.39, 0.29) is 17.9 Å². The Morgan fingerprint density at radius 2 is 2.00 bits per heavy atom. The molecule has 0 aromatic rings. The fraction of sp³-hybridized carbons (Fsp3) is 0.667. The normalized spacial score (nSPS) is 30.4. The summed E-state index contributed by atoms with van der Waals surface area (Å²) >= 11 is 0. The van der Waals surface area contributed by atoms with Gasteiger partial charge in [0.2, 0.25) is 5.91 Å². The fourth-order valence-corrected chi connectivity index (χ4v) is 2.22. The first-order chi connectivity index (χ1) is 7.45. The minimum Gasteiger partial charge on any atom is -0.481 e. The van der Waals surface area contributed by atoms with Gasteiger partial charge in [0, 0.05) is 0 Å². The molecule has 0 heterocycles. The second kappa shape index (κ2) is 5.02. The van der Waals surface area contributed by atoms with Gasteiger partial charge in [0.1, 0.15) is 0 Å². The third-order valence-electron chi connectivity index (χ3n) is 3.06. The largest absolute Gasteiger partial charge is 0.481 e. The van der Waals surface area contributed by atoms with Crippen molar-refractivity contribution < 1.29 is 14.7 Å². The average Bonchev–Trinajstić information content (AvgIpc) is 2.60. The number of nitrogens with one attached hydrogen (secondary N) is 1. The zero-order valence-corrected chi connectivity index (χ0v) is 9.56. The number of terminal acetylenes is 1. The van der Waals surface area contributed by atoms with Gasteiger partial charge in [-0.1, -0.05) is 12.8 Å². The van der Waals surface area contributed by atoms with Gasteiger partial charge >= 0.3 is 5.97 Å². The molecule has 0 aliphatic heterocycles. The van der Waals surface area contributed by atoms with Crippen LogP contribution in [0.2, 0.25) is 0 Å². The quantitative estimate of drug-likeness (QED) is 0.698. The molecule has 0 radical (unpaired) electrons. The summed E-state index contributed by atoms with van der Waals surface area (Å²) in [6.07, 6.45) is 6.35. The Bertz CT molecular complexity index is 332. The summed E-state index contributed by atoms with van der Waals surface area (Å²) in [5.41, 5.74) is 0. The van der Waals surface area contributed by atoms with E-state index in [4.69, 9.17) is 11.5 Å². The molecule has 1 fully saturated rings. The average molecular weight is 223 g/mol. The van der Waals surface area contributed by atoms with Crippen molar-refractivity contribution in [2.24, 2.45) is 17.8 Å². The van der Waals surface area contributed by atoms with E-state index in [2.05, 4.69) is 11.2 Å². The molecule has 2 N–H and O–H groups in total. The highest BCUT2D eigenvalue weighted by Crippen LogP contribution is 2.36. The van der Waals surface area contributed by atoms with Gasteiger partial charge in [0.05, 0.1) is 17.9 Å². The summed E-state index contributed by atoms with van der Waals surface area (Å²) in [7, 11) is 0. The van der Waals surface area contributed by atoms with Crippen LogP contribution in [0.5, 0.6) is 0 Å². The van der Waals surface area contributed by atoms with Crippen molar-refractivity contribution in [1.82, 2.24) is 5.32 Å². The van der Waals surface area contributed by atoms with Gasteiger partial charge in [-0.25, -0.2) is 0 Å². The van der Waals surface area contributed by atoms with Crippen molar-refractivity contribution in [2.75, 3.05) is 0 Å². The van der Waals surface area contributed by atoms with E-state index in [1.807, 2.05) is 6.92 Å². The van der Waals surface area contributed by atoms with Gasteiger partial charge in [-0.15, -0.1) is 6.42 Å². The molecule has 0 bridgehead atoms. The van der Waals surface area contributed by atoms with Crippen molar-refractivity contribution in [3.05, 3.63) is 0 Å². The van der Waals surface area contributed by atoms with E-state index >= 15 is 0 Å². The highest BCUT2D eigenvalue weighted by molar-refractivity contribution is 5.85. The molecular weight excluding hydrogens is 206 g/mol. The molecule has 1 rings (SSSR count). The van der Waals surface area contributed by atoms with Crippen molar-refractivity contribution in [3.8, 4) is 12.3 Å². The van der Waals surface area contributed by atoms with Crippen LogP contribution < -0.4 is 5.32 Å². The predicted octanol–water partition coefficient (Wildman–Crippen LogP) is 0.871. The van der Waals surface area contributed by atoms with Crippen LogP contribution in [0.4, 0.5) is 0 Å². The Labute approximate surface area is 95.4 Å². The molecular formula is C12H17NO3. The molecule has 16 heavy (non-hydrogen) atoms. The molecule has 0 spiro atoms. The minimum absolute atomic E-state index is 0.234. The van der Waals surface area contributed by atoms with Crippen LogP contribution in [0.1, 0.15) is 26.7 Å². The van der Waals surface area contributed by atoms with Gasteiger partial charge in [-0.05, 0) is 25.7 Å². The van der Waals surface area contributed by atoms with Crippen LogP contribution in [0, 0.1) is 30.1 Å². The van der Waals surface area contributed by atoms with Crippen LogP contribution in [0.15, 0.2) is 0 Å². The van der Waals surface area contributed by atoms with Crippen LogP contribution in [-0.4, -0.2) is 23.0 Å². The van der Waals surface area contributed by atoms with Gasteiger partial charge in [0.15, 0.2) is 0 Å². The summed E-state index contributed by atoms with van der Waals surface area (Å²) in [5.74, 6) is 0.535. The van der Waals surface area contributed by atoms with Crippen molar-refractivity contribution in [3.63, 3.8) is 0 Å². The Kier molecular flexibility index (Phi) is 3.94. The minimum atomic E-state index is -0.891. The van der Waals surface area contributed by atoms with E-state index in [9.17, 15) is 9.59 Å². The van der Waals surface area contributed by atoms with Crippen LogP contribution in [0.3, 0.4) is 0 Å². The Morgan fingerprint density at radius 1 is 1.44 bits per heavy atom. The SMILES string of the molecule is C#CC(C)NC(=O)[C@H]1CC(C)C[C@H]1C(=O)O. The monoisotopic (exact) mass is 223 g/mol. The summed E-state index contributed by atoms with van der Waals surface area (Å²) in [6, 6.07) is -0.349. The number of aliphatic carboxylic acids is 1. The summed E-state index contributed by atoms with van der Waals surface area (Å²) in [4.78, 5) is 22.8. The standard InChI is InChI=1S/C12H17NO3/c1-4-8(3)13-11(14)9-5-7(2)6-10(9)12(15)16/h1,7-10H,5-6H2,2-3H3,(H,13,14)(H,15,16)/t7?,8?,9-,10+/m0/s1. The molecule has 88 valence electrons. The molecule has 1 aliphatic rings. The molecule has 0 aromatic heterocycles. The number of carbonyl (C=O) groups excluding carboxylic acids is 1. The number of carbonyl (C=O) groups is 2. The number of amides is 1. The highest BCUT2D eigenvalue weighted by atomic mass is 16.4. The molecule has 1 aliphatic carbocycles. The van der Waals surface area contributed by atoms with Crippen LogP contribution >= 0.6 is 0 Å². The van der Waals surface area contributed by atoms with Crippen molar-refractivity contribution >= 4 is 11.9 Å². The second-order valence-electron chi connectivity index (χ2n) is 4.52. The van der Waals surface area contributed by atoms with E-state index in [1.54, 1.807) is 6.92 Å². The summed E-state index contributed by atoms with van der Waals surface area (Å²) in [6.45, 7) is 3.67. The lowest BCUT2D eigenvalue weighted by Gasteiger charge is -2.16. The highest BCUT2D eigenvalue weighted by Gasteiger charge is 2.41. The first-order valence-corrected chi connectivity index (χ1v) is 5.45. The molecule has 4 nitrogen and oxygen atoms in total. The maximum atomic E-state index is 11.8. The maximum absolute atomic E-state index is 11.8. The van der Waals surface area contributed by atoms with Gasteiger partial charge in [-0.3, -0.25) is 9.59 Å². The molecule has 4 atom stereocenters. The summed E-state index contributed by atoms with van der Waals surface area (Å²) < 4.78 is 0. The smallest absolute Gasteiger partial charge is 0.307 e. The first-order valence-electron chi connectivity index (χ1n) is 5.45. The number of hydrogen-bond donors (Lipinski definition) is 2. The zero-order valence-electron chi connectivity index (χ0n) is 9.56. The molecule has 0 saturated heterocycles. The predicted molar refractivity (Wildman–Crippen MR) is 59.5 cm³/mol. The third kappa shape index (κ3) is 2.75. The maximum Gasteiger partial charge on any atom is 0.307 e. The van der Waals surface area contributed by atoms with Crippen LogP contribution in [0.25, 0.3) is 0 Å². The van der Waals surface area contributed by atoms with E-state index < -0.39 is 17.8 Å². The van der Waals surface area contributed by atoms with E-state index in [0.29, 0.717) is 12.8 Å². The molecule has 2 unspecified atom stereocenters. The molecule has 4 heteroatoms. The zero-order chi connectivity index (χ0) is 12.3. The van der Waals surface area contributed by atoms with Gasteiger partial charge in [-0.2, -0.15) is 0 Å². The Hall–Kier alpha value is -1.50. The fourth-order valence-electron chi connectivity index (χ4n) is 2.22. The first kappa shape index (κ1) is 12.6. The van der Waals surface area contributed by atoms with E-state index in [1.165, 1.54) is 0 Å². The lowest BCUT2D eigenvalue weighted by Crippen LogP contribution is -2.39. The number of hydrogen-bond acceptors (Lipinski definition) is 2. The van der Waals surface area contributed by atoms with Gasteiger partial charge < -0.3 is 10.4 Å². The lowest BCUT2D eigenvalue weighted by atomic mass is 9.95. The number of carboxylic acid groups (broad SMARTS) is 1. The third-order valence-corrected chi connectivity index (χ3v) is 3.06. The number of carboxylic acids is 1. The van der Waals surface area contributed by atoms with Gasteiger partial charge in [0.25, 0.3) is 0 Å². The topological polar surface area (TPSA) is 66.4 Å². The molecule has 0 aromatic carbocycles. The molecule has 1 amide bonds. The second-order valence-corrected chi connectivity index (χ2v) is 4.52. The Balaban J connectivity index is 2.68.